The molecule has 4 rings (SSSR count). The molecular weight excluding hydrogens is 322 g/mol. The van der Waals surface area contributed by atoms with E-state index in [1.807, 2.05) is 55.5 Å². The molecule has 2 heterocycles. The summed E-state index contributed by atoms with van der Waals surface area (Å²) in [5, 5.41) is 3.58. The first-order valence-corrected chi connectivity index (χ1v) is 8.88. The zero-order valence-corrected chi connectivity index (χ0v) is 14.9. The van der Waals surface area contributed by atoms with E-state index in [-0.39, 0.29) is 12.1 Å². The first-order valence-electron chi connectivity index (χ1n) is 8.88. The second-order valence-corrected chi connectivity index (χ2v) is 6.51. The van der Waals surface area contributed by atoms with E-state index in [4.69, 9.17) is 0 Å². The summed E-state index contributed by atoms with van der Waals surface area (Å²) in [6, 6.07) is 19.9. The Morgan fingerprint density at radius 3 is 2.58 bits per heavy atom. The topological polar surface area (TPSA) is 45.2 Å². The highest BCUT2D eigenvalue weighted by Gasteiger charge is 2.38. The number of carbonyl (C=O) groups is 1. The highest BCUT2D eigenvalue weighted by molar-refractivity contribution is 6.11. The van der Waals surface area contributed by atoms with Gasteiger partial charge in [0.2, 0.25) is 0 Å². The Labute approximate surface area is 153 Å². The van der Waals surface area contributed by atoms with Gasteiger partial charge in [0, 0.05) is 23.0 Å². The van der Waals surface area contributed by atoms with Crippen LogP contribution in [0.15, 0.2) is 66.9 Å². The molecule has 1 atom stereocenters. The van der Waals surface area contributed by atoms with Crippen LogP contribution in [0.25, 0.3) is 0 Å². The molecule has 0 saturated carbocycles. The molecule has 0 radical (unpaired) electrons. The Morgan fingerprint density at radius 1 is 1.04 bits per heavy atom. The molecule has 2 aromatic carbocycles. The van der Waals surface area contributed by atoms with Gasteiger partial charge in [-0.1, -0.05) is 49.4 Å². The zero-order chi connectivity index (χ0) is 18.1. The first-order chi connectivity index (χ1) is 12.7. The first kappa shape index (κ1) is 16.3. The second kappa shape index (κ2) is 6.64. The summed E-state index contributed by atoms with van der Waals surface area (Å²) in [5.74, 6) is 0.631. The number of fused-ring (bicyclic) bond motifs is 1. The highest BCUT2D eigenvalue weighted by Crippen LogP contribution is 2.37. The maximum absolute atomic E-state index is 13.1. The zero-order valence-electron chi connectivity index (χ0n) is 14.9. The summed E-state index contributed by atoms with van der Waals surface area (Å²) in [5.41, 5.74) is 5.04. The van der Waals surface area contributed by atoms with Crippen LogP contribution >= 0.6 is 0 Å². The standard InChI is InChI=1S/C22H21N3O/c1-3-16-8-4-7-11-19(16)24-21-17-9-5-6-10-18(17)22(26)25(21)20-13-12-15(2)14-23-20/h4-14,21,24H,3H2,1-2H3/t21-/m0/s1. The number of benzene rings is 2. The van der Waals surface area contributed by atoms with Crippen molar-refractivity contribution in [3.8, 4) is 0 Å². The number of aromatic nitrogens is 1. The lowest BCUT2D eigenvalue weighted by Crippen LogP contribution is -2.33. The summed E-state index contributed by atoms with van der Waals surface area (Å²) < 4.78 is 0. The lowest BCUT2D eigenvalue weighted by atomic mass is 10.1. The quantitative estimate of drug-likeness (QED) is 0.745. The van der Waals surface area contributed by atoms with E-state index in [9.17, 15) is 4.79 Å². The number of pyridine rings is 1. The average molecular weight is 343 g/mol. The van der Waals surface area contributed by atoms with E-state index in [1.165, 1.54) is 5.56 Å². The Morgan fingerprint density at radius 2 is 1.81 bits per heavy atom. The predicted octanol–water partition coefficient (Wildman–Crippen LogP) is 4.72. The molecule has 0 fully saturated rings. The van der Waals surface area contributed by atoms with Gasteiger partial charge < -0.3 is 5.32 Å². The summed E-state index contributed by atoms with van der Waals surface area (Å²) in [6.07, 6.45) is 2.44. The third kappa shape index (κ3) is 2.73. The van der Waals surface area contributed by atoms with Crippen LogP contribution in [-0.4, -0.2) is 10.9 Å². The molecule has 1 aliphatic rings. The van der Waals surface area contributed by atoms with Crippen molar-refractivity contribution in [2.24, 2.45) is 0 Å². The molecule has 0 unspecified atom stereocenters. The summed E-state index contributed by atoms with van der Waals surface area (Å²) >= 11 is 0. The van der Waals surface area contributed by atoms with Crippen molar-refractivity contribution in [2.75, 3.05) is 10.2 Å². The van der Waals surface area contributed by atoms with Crippen molar-refractivity contribution in [2.45, 2.75) is 26.4 Å². The smallest absolute Gasteiger partial charge is 0.261 e. The van der Waals surface area contributed by atoms with Crippen molar-refractivity contribution in [3.63, 3.8) is 0 Å². The largest absolute Gasteiger partial charge is 0.361 e. The maximum atomic E-state index is 13.1. The van der Waals surface area contributed by atoms with Crippen LogP contribution in [0.4, 0.5) is 11.5 Å². The number of rotatable bonds is 4. The summed E-state index contributed by atoms with van der Waals surface area (Å²) in [7, 11) is 0. The van der Waals surface area contributed by atoms with Gasteiger partial charge in [-0.3, -0.25) is 9.69 Å². The second-order valence-electron chi connectivity index (χ2n) is 6.51. The molecule has 1 aromatic heterocycles. The van der Waals surface area contributed by atoms with E-state index in [0.717, 1.165) is 28.8 Å². The average Bonchev–Trinajstić information content (AvgIpc) is 2.95. The van der Waals surface area contributed by atoms with Gasteiger partial charge in [-0.05, 0) is 42.7 Å². The van der Waals surface area contributed by atoms with E-state index in [0.29, 0.717) is 5.82 Å². The summed E-state index contributed by atoms with van der Waals surface area (Å²) in [4.78, 5) is 19.3. The summed E-state index contributed by atoms with van der Waals surface area (Å²) in [6.45, 7) is 4.12. The number of para-hydroxylation sites is 1. The predicted molar refractivity (Wildman–Crippen MR) is 104 cm³/mol. The van der Waals surface area contributed by atoms with Gasteiger partial charge in [0.25, 0.3) is 5.91 Å². The number of hydrogen-bond acceptors (Lipinski definition) is 3. The molecule has 0 spiro atoms. The number of aryl methyl sites for hydroxylation is 2. The van der Waals surface area contributed by atoms with Crippen LogP contribution < -0.4 is 10.2 Å². The van der Waals surface area contributed by atoms with Gasteiger partial charge >= 0.3 is 0 Å². The van der Waals surface area contributed by atoms with E-state index < -0.39 is 0 Å². The molecule has 4 heteroatoms. The highest BCUT2D eigenvalue weighted by atomic mass is 16.2. The minimum atomic E-state index is -0.276. The Kier molecular flexibility index (Phi) is 4.17. The molecule has 1 aliphatic heterocycles. The molecule has 4 nitrogen and oxygen atoms in total. The normalized spacial score (nSPS) is 15.8. The van der Waals surface area contributed by atoms with Crippen molar-refractivity contribution in [3.05, 3.63) is 89.1 Å². The fraction of sp³-hybridized carbons (Fsp3) is 0.182. The van der Waals surface area contributed by atoms with Gasteiger partial charge in [-0.15, -0.1) is 0 Å². The van der Waals surface area contributed by atoms with Crippen molar-refractivity contribution < 1.29 is 4.79 Å². The van der Waals surface area contributed by atoms with Crippen LogP contribution in [0.5, 0.6) is 0 Å². The van der Waals surface area contributed by atoms with Crippen LogP contribution in [0.2, 0.25) is 0 Å². The Bertz CT molecular complexity index is 950. The van der Waals surface area contributed by atoms with Gasteiger partial charge in [-0.25, -0.2) is 4.98 Å². The number of hydrogen-bond donors (Lipinski definition) is 1. The van der Waals surface area contributed by atoms with E-state index in [2.05, 4.69) is 29.4 Å². The molecular formula is C22H21N3O. The number of nitrogens with one attached hydrogen (secondary N) is 1. The van der Waals surface area contributed by atoms with Crippen LogP contribution in [0.1, 0.15) is 40.1 Å². The lowest BCUT2D eigenvalue weighted by Gasteiger charge is -2.27. The number of anilines is 2. The fourth-order valence-corrected chi connectivity index (χ4v) is 3.41. The third-order valence-corrected chi connectivity index (χ3v) is 4.80. The van der Waals surface area contributed by atoms with Gasteiger partial charge in [0.05, 0.1) is 0 Å². The molecule has 26 heavy (non-hydrogen) atoms. The molecule has 3 aromatic rings. The minimum Gasteiger partial charge on any atom is -0.361 e. The Balaban J connectivity index is 1.79. The van der Waals surface area contributed by atoms with E-state index in [1.54, 1.807) is 11.1 Å². The van der Waals surface area contributed by atoms with Crippen molar-refractivity contribution in [1.82, 2.24) is 4.98 Å². The Hall–Kier alpha value is -3.14. The maximum Gasteiger partial charge on any atom is 0.261 e. The number of nitrogens with zero attached hydrogens (tertiary/aromatic N) is 2. The molecule has 0 bridgehead atoms. The number of amides is 1. The van der Waals surface area contributed by atoms with Crippen LogP contribution in [-0.2, 0) is 6.42 Å². The SMILES string of the molecule is CCc1ccccc1N[C@@H]1c2ccccc2C(=O)N1c1ccc(C)cn1. The minimum absolute atomic E-state index is 0.0246. The van der Waals surface area contributed by atoms with Crippen molar-refractivity contribution >= 4 is 17.4 Å². The van der Waals surface area contributed by atoms with Crippen LogP contribution in [0.3, 0.4) is 0 Å². The number of carbonyl (C=O) groups excluding carboxylic acids is 1. The van der Waals surface area contributed by atoms with Crippen molar-refractivity contribution in [1.29, 1.82) is 0 Å². The molecule has 0 aliphatic carbocycles. The molecule has 1 amide bonds. The lowest BCUT2D eigenvalue weighted by molar-refractivity contribution is 0.0992. The van der Waals surface area contributed by atoms with Gasteiger partial charge in [0.15, 0.2) is 0 Å². The van der Waals surface area contributed by atoms with Crippen LogP contribution in [0, 0.1) is 6.92 Å². The molecule has 1 N–H and O–H groups in total. The molecule has 0 saturated heterocycles. The van der Waals surface area contributed by atoms with Gasteiger partial charge in [-0.2, -0.15) is 0 Å². The van der Waals surface area contributed by atoms with Gasteiger partial charge in [0.1, 0.15) is 12.0 Å². The third-order valence-electron chi connectivity index (χ3n) is 4.80. The fourth-order valence-electron chi connectivity index (χ4n) is 3.41. The molecule has 130 valence electrons. The van der Waals surface area contributed by atoms with E-state index >= 15 is 0 Å². The monoisotopic (exact) mass is 343 g/mol.